The summed E-state index contributed by atoms with van der Waals surface area (Å²) < 4.78 is 11.9. The fourth-order valence-corrected chi connectivity index (χ4v) is 2.99. The van der Waals surface area contributed by atoms with Crippen molar-refractivity contribution in [2.45, 2.75) is 12.3 Å². The molecule has 0 N–H and O–H groups in total. The zero-order chi connectivity index (χ0) is 17.4. The molecule has 3 aromatic heterocycles. The van der Waals surface area contributed by atoms with Gasteiger partial charge in [-0.3, -0.25) is 9.59 Å². The number of furan rings is 1. The minimum Gasteiger partial charge on any atom is -0.459 e. The van der Waals surface area contributed by atoms with E-state index in [-0.39, 0.29) is 22.9 Å². The molecule has 4 heterocycles. The molecule has 1 amide bonds. The Morgan fingerprint density at radius 1 is 1.32 bits per heavy atom. The summed E-state index contributed by atoms with van der Waals surface area (Å²) in [5, 5.41) is 4.00. The molecule has 0 unspecified atom stereocenters. The average Bonchev–Trinajstić information content (AvgIpc) is 3.36. The van der Waals surface area contributed by atoms with E-state index in [1.54, 1.807) is 42.4 Å². The first kappa shape index (κ1) is 15.4. The number of carbonyl (C=O) groups is 1. The van der Waals surface area contributed by atoms with Gasteiger partial charge in [0, 0.05) is 32.3 Å². The van der Waals surface area contributed by atoms with Crippen LogP contribution in [-0.2, 0) is 7.05 Å². The standard InChI is InChI=1S/C17H16N4O4/c1-20-7-2-4-12(16(20)22)17(23)21-8-6-11(10-21)14-18-15(25-19-14)13-5-3-9-24-13/h2-5,7,9,11H,6,8,10H2,1H3/t11-/m1/s1. The molecule has 128 valence electrons. The van der Waals surface area contributed by atoms with E-state index in [0.29, 0.717) is 30.6 Å². The predicted molar refractivity (Wildman–Crippen MR) is 86.9 cm³/mol. The van der Waals surface area contributed by atoms with Crippen LogP contribution in [0.3, 0.4) is 0 Å². The van der Waals surface area contributed by atoms with E-state index in [2.05, 4.69) is 10.1 Å². The van der Waals surface area contributed by atoms with Gasteiger partial charge in [0.25, 0.3) is 17.4 Å². The van der Waals surface area contributed by atoms with Gasteiger partial charge in [-0.25, -0.2) is 0 Å². The molecular formula is C17H16N4O4. The van der Waals surface area contributed by atoms with E-state index in [4.69, 9.17) is 8.94 Å². The van der Waals surface area contributed by atoms with Gasteiger partial charge in [-0.15, -0.1) is 0 Å². The summed E-state index contributed by atoms with van der Waals surface area (Å²) >= 11 is 0. The van der Waals surface area contributed by atoms with Crippen molar-refractivity contribution in [3.8, 4) is 11.7 Å². The van der Waals surface area contributed by atoms with Gasteiger partial charge in [-0.05, 0) is 30.7 Å². The molecule has 0 radical (unpaired) electrons. The fraction of sp³-hybridized carbons (Fsp3) is 0.294. The summed E-state index contributed by atoms with van der Waals surface area (Å²) in [6.07, 6.45) is 3.88. The molecule has 0 bridgehead atoms. The summed E-state index contributed by atoms with van der Waals surface area (Å²) in [4.78, 5) is 30.8. The van der Waals surface area contributed by atoms with Gasteiger partial charge >= 0.3 is 0 Å². The van der Waals surface area contributed by atoms with Crippen molar-refractivity contribution >= 4 is 5.91 Å². The van der Waals surface area contributed by atoms with Crippen molar-refractivity contribution in [2.75, 3.05) is 13.1 Å². The van der Waals surface area contributed by atoms with Crippen LogP contribution in [0.2, 0.25) is 0 Å². The van der Waals surface area contributed by atoms with Gasteiger partial charge in [-0.1, -0.05) is 5.16 Å². The summed E-state index contributed by atoms with van der Waals surface area (Å²) in [5.74, 6) is 1.09. The quantitative estimate of drug-likeness (QED) is 0.720. The van der Waals surface area contributed by atoms with Crippen LogP contribution in [0.4, 0.5) is 0 Å². The lowest BCUT2D eigenvalue weighted by molar-refractivity contribution is 0.0788. The minimum atomic E-state index is -0.296. The van der Waals surface area contributed by atoms with E-state index < -0.39 is 0 Å². The van der Waals surface area contributed by atoms with Crippen LogP contribution >= 0.6 is 0 Å². The third-order valence-electron chi connectivity index (χ3n) is 4.37. The first-order valence-electron chi connectivity index (χ1n) is 7.96. The van der Waals surface area contributed by atoms with Gasteiger partial charge in [0.2, 0.25) is 0 Å². The molecule has 3 aromatic rings. The lowest BCUT2D eigenvalue weighted by Crippen LogP contribution is -2.34. The second kappa shape index (κ2) is 6.04. The molecule has 1 fully saturated rings. The maximum atomic E-state index is 12.6. The van der Waals surface area contributed by atoms with Gasteiger partial charge in [-0.2, -0.15) is 4.98 Å². The van der Waals surface area contributed by atoms with Gasteiger partial charge in [0.05, 0.1) is 6.26 Å². The van der Waals surface area contributed by atoms with Crippen molar-refractivity contribution in [3.05, 3.63) is 58.5 Å². The number of pyridine rings is 1. The molecule has 1 saturated heterocycles. The van der Waals surface area contributed by atoms with Crippen LogP contribution in [0.1, 0.15) is 28.5 Å². The maximum Gasteiger partial charge on any atom is 0.293 e. The number of amides is 1. The molecule has 0 spiro atoms. The molecule has 25 heavy (non-hydrogen) atoms. The average molecular weight is 340 g/mol. The van der Waals surface area contributed by atoms with Crippen LogP contribution in [0.5, 0.6) is 0 Å². The highest BCUT2D eigenvalue weighted by atomic mass is 16.5. The monoisotopic (exact) mass is 340 g/mol. The highest BCUT2D eigenvalue weighted by Crippen LogP contribution is 2.28. The zero-order valence-corrected chi connectivity index (χ0v) is 13.6. The Morgan fingerprint density at radius 2 is 2.20 bits per heavy atom. The molecule has 0 saturated carbocycles. The van der Waals surface area contributed by atoms with Crippen molar-refractivity contribution in [3.63, 3.8) is 0 Å². The third-order valence-corrected chi connectivity index (χ3v) is 4.37. The lowest BCUT2D eigenvalue weighted by Gasteiger charge is -2.15. The molecule has 0 aromatic carbocycles. The Kier molecular flexibility index (Phi) is 3.72. The van der Waals surface area contributed by atoms with E-state index in [9.17, 15) is 9.59 Å². The number of hydrogen-bond acceptors (Lipinski definition) is 6. The molecular weight excluding hydrogens is 324 g/mol. The lowest BCUT2D eigenvalue weighted by atomic mass is 10.1. The summed E-state index contributed by atoms with van der Waals surface area (Å²) in [6.45, 7) is 1.00. The Bertz CT molecular complexity index is 957. The fourth-order valence-electron chi connectivity index (χ4n) is 2.99. The Morgan fingerprint density at radius 3 is 3.00 bits per heavy atom. The maximum absolute atomic E-state index is 12.6. The molecule has 8 nitrogen and oxygen atoms in total. The zero-order valence-electron chi connectivity index (χ0n) is 13.6. The first-order chi connectivity index (χ1) is 12.1. The number of hydrogen-bond donors (Lipinski definition) is 0. The van der Waals surface area contributed by atoms with Gasteiger partial charge in [0.1, 0.15) is 5.56 Å². The number of aromatic nitrogens is 3. The molecule has 0 aliphatic carbocycles. The van der Waals surface area contributed by atoms with E-state index >= 15 is 0 Å². The molecule has 1 aliphatic rings. The highest BCUT2D eigenvalue weighted by Gasteiger charge is 2.32. The normalized spacial score (nSPS) is 17.2. The summed E-state index contributed by atoms with van der Waals surface area (Å²) in [7, 11) is 1.63. The molecule has 1 aliphatic heterocycles. The summed E-state index contributed by atoms with van der Waals surface area (Å²) in [6, 6.07) is 6.74. The third kappa shape index (κ3) is 2.75. The van der Waals surface area contributed by atoms with Crippen LogP contribution in [0.25, 0.3) is 11.7 Å². The number of aryl methyl sites for hydroxylation is 1. The van der Waals surface area contributed by atoms with Crippen molar-refractivity contribution in [2.24, 2.45) is 7.05 Å². The number of carbonyl (C=O) groups excluding carboxylic acids is 1. The second-order valence-corrected chi connectivity index (χ2v) is 6.01. The second-order valence-electron chi connectivity index (χ2n) is 6.01. The molecule has 4 rings (SSSR count). The van der Waals surface area contributed by atoms with Gasteiger partial charge in [0.15, 0.2) is 11.6 Å². The smallest absolute Gasteiger partial charge is 0.293 e. The van der Waals surface area contributed by atoms with Crippen molar-refractivity contribution in [1.29, 1.82) is 0 Å². The molecule has 8 heteroatoms. The molecule has 1 atom stereocenters. The summed E-state index contributed by atoms with van der Waals surface area (Å²) in [5.41, 5.74) is -0.120. The number of rotatable bonds is 3. The predicted octanol–water partition coefficient (Wildman–Crippen LogP) is 1.66. The first-order valence-corrected chi connectivity index (χ1v) is 7.96. The van der Waals surface area contributed by atoms with Crippen LogP contribution < -0.4 is 5.56 Å². The Labute approximate surface area is 142 Å². The van der Waals surface area contributed by atoms with E-state index in [0.717, 1.165) is 6.42 Å². The van der Waals surface area contributed by atoms with Crippen molar-refractivity contribution < 1.29 is 13.7 Å². The number of nitrogens with zero attached hydrogens (tertiary/aromatic N) is 4. The number of likely N-dealkylation sites (tertiary alicyclic amines) is 1. The SMILES string of the molecule is Cn1cccc(C(=O)N2CC[C@@H](c3noc(-c4ccco4)n3)C2)c1=O. The Balaban J connectivity index is 1.51. The Hall–Kier alpha value is -3.16. The minimum absolute atomic E-state index is 0.0241. The topological polar surface area (TPSA) is 94.4 Å². The van der Waals surface area contributed by atoms with Crippen LogP contribution in [0.15, 0.2) is 50.5 Å². The highest BCUT2D eigenvalue weighted by molar-refractivity contribution is 5.94. The van der Waals surface area contributed by atoms with E-state index in [1.807, 2.05) is 0 Å². The van der Waals surface area contributed by atoms with E-state index in [1.165, 1.54) is 10.8 Å². The van der Waals surface area contributed by atoms with Crippen molar-refractivity contribution in [1.82, 2.24) is 19.6 Å². The van der Waals surface area contributed by atoms with Crippen LogP contribution in [0, 0.1) is 0 Å². The van der Waals surface area contributed by atoms with Gasteiger partial charge < -0.3 is 18.4 Å². The largest absolute Gasteiger partial charge is 0.459 e. The van der Waals surface area contributed by atoms with Crippen LogP contribution in [-0.4, -0.2) is 38.6 Å².